The first-order valence-electron chi connectivity index (χ1n) is 6.44. The topological polar surface area (TPSA) is 41.1 Å². The molecule has 2 N–H and O–H groups in total. The third-order valence-corrected chi connectivity index (χ3v) is 3.37. The highest BCUT2D eigenvalue weighted by atomic mass is 35.5. The molecule has 0 saturated carbocycles. The minimum atomic E-state index is -0.0320. The molecule has 0 aliphatic carbocycles. The van der Waals surface area contributed by atoms with Crippen molar-refractivity contribution in [1.82, 2.24) is 5.32 Å². The number of hydrogen-bond acceptors (Lipinski definition) is 2. The van der Waals surface area contributed by atoms with E-state index < -0.39 is 0 Å². The van der Waals surface area contributed by atoms with E-state index >= 15 is 0 Å². The highest BCUT2D eigenvalue weighted by Gasteiger charge is 2.04. The standard InChI is InChI=1S/C14H20Cl2N2O/c1-10(2)5-7-17-8-6-14(19)18-11-3-4-12(15)13(16)9-11/h3-4,9-10,17H,5-8H2,1-2H3,(H,18,19). The third-order valence-electron chi connectivity index (χ3n) is 2.63. The first-order chi connectivity index (χ1) is 8.99. The first kappa shape index (κ1) is 16.3. The van der Waals surface area contributed by atoms with Crippen LogP contribution >= 0.6 is 23.2 Å². The monoisotopic (exact) mass is 302 g/mol. The number of carbonyl (C=O) groups is 1. The van der Waals surface area contributed by atoms with Crippen LogP contribution in [-0.4, -0.2) is 19.0 Å². The fourth-order valence-corrected chi connectivity index (χ4v) is 1.81. The summed E-state index contributed by atoms with van der Waals surface area (Å²) in [7, 11) is 0. The van der Waals surface area contributed by atoms with Gasteiger partial charge in [0, 0.05) is 18.7 Å². The van der Waals surface area contributed by atoms with Crippen LogP contribution in [0.2, 0.25) is 10.0 Å². The Hall–Kier alpha value is -0.770. The van der Waals surface area contributed by atoms with Gasteiger partial charge in [-0.05, 0) is 37.1 Å². The molecule has 0 radical (unpaired) electrons. The normalized spacial score (nSPS) is 10.8. The summed E-state index contributed by atoms with van der Waals surface area (Å²) in [6.45, 7) is 5.98. The van der Waals surface area contributed by atoms with Crippen LogP contribution in [0.25, 0.3) is 0 Å². The Morgan fingerprint density at radius 3 is 2.58 bits per heavy atom. The predicted octanol–water partition coefficient (Wildman–Crippen LogP) is 3.96. The summed E-state index contributed by atoms with van der Waals surface area (Å²) >= 11 is 11.7. The van der Waals surface area contributed by atoms with Gasteiger partial charge in [-0.15, -0.1) is 0 Å². The van der Waals surface area contributed by atoms with Crippen LogP contribution in [0, 0.1) is 5.92 Å². The van der Waals surface area contributed by atoms with Crippen molar-refractivity contribution >= 4 is 34.8 Å². The highest BCUT2D eigenvalue weighted by molar-refractivity contribution is 6.42. The second-order valence-corrected chi connectivity index (χ2v) is 5.67. The number of anilines is 1. The van der Waals surface area contributed by atoms with Crippen LogP contribution < -0.4 is 10.6 Å². The number of amides is 1. The quantitative estimate of drug-likeness (QED) is 0.749. The van der Waals surface area contributed by atoms with Gasteiger partial charge >= 0.3 is 0 Å². The number of hydrogen-bond donors (Lipinski definition) is 2. The van der Waals surface area contributed by atoms with E-state index in [1.165, 1.54) is 0 Å². The molecule has 106 valence electrons. The minimum absolute atomic E-state index is 0.0320. The van der Waals surface area contributed by atoms with Gasteiger partial charge in [-0.25, -0.2) is 0 Å². The Morgan fingerprint density at radius 1 is 1.21 bits per heavy atom. The molecule has 0 heterocycles. The van der Waals surface area contributed by atoms with Crippen molar-refractivity contribution in [3.8, 4) is 0 Å². The molecule has 5 heteroatoms. The fourth-order valence-electron chi connectivity index (χ4n) is 1.52. The first-order valence-corrected chi connectivity index (χ1v) is 7.20. The van der Waals surface area contributed by atoms with E-state index in [0.29, 0.717) is 34.6 Å². The molecule has 0 unspecified atom stereocenters. The average molecular weight is 303 g/mol. The Kier molecular flexibility index (Phi) is 7.21. The average Bonchev–Trinajstić information content (AvgIpc) is 2.33. The van der Waals surface area contributed by atoms with Crippen LogP contribution in [0.4, 0.5) is 5.69 Å². The lowest BCUT2D eigenvalue weighted by Gasteiger charge is -2.08. The molecule has 0 aliphatic heterocycles. The Balaban J connectivity index is 2.25. The van der Waals surface area contributed by atoms with Crippen molar-refractivity contribution in [3.63, 3.8) is 0 Å². The van der Waals surface area contributed by atoms with Gasteiger partial charge in [-0.3, -0.25) is 4.79 Å². The zero-order chi connectivity index (χ0) is 14.3. The van der Waals surface area contributed by atoms with Gasteiger partial charge in [0.1, 0.15) is 0 Å². The fraction of sp³-hybridized carbons (Fsp3) is 0.500. The Bertz CT molecular complexity index is 422. The van der Waals surface area contributed by atoms with E-state index in [4.69, 9.17) is 23.2 Å². The number of rotatable bonds is 7. The van der Waals surface area contributed by atoms with Crippen molar-refractivity contribution in [2.24, 2.45) is 5.92 Å². The van der Waals surface area contributed by atoms with Crippen LogP contribution in [0.5, 0.6) is 0 Å². The van der Waals surface area contributed by atoms with Gasteiger partial charge in [0.05, 0.1) is 10.0 Å². The van der Waals surface area contributed by atoms with E-state index in [1.807, 2.05) is 0 Å². The summed E-state index contributed by atoms with van der Waals surface area (Å²) in [6.07, 6.45) is 1.56. The summed E-state index contributed by atoms with van der Waals surface area (Å²) in [6, 6.07) is 5.05. The van der Waals surface area contributed by atoms with E-state index in [9.17, 15) is 4.79 Å². The number of benzene rings is 1. The molecule has 1 rings (SSSR count). The van der Waals surface area contributed by atoms with E-state index in [2.05, 4.69) is 24.5 Å². The maximum Gasteiger partial charge on any atom is 0.225 e. The van der Waals surface area contributed by atoms with Crippen molar-refractivity contribution in [1.29, 1.82) is 0 Å². The van der Waals surface area contributed by atoms with Crippen molar-refractivity contribution < 1.29 is 4.79 Å². The molecule has 0 atom stereocenters. The summed E-state index contributed by atoms with van der Waals surface area (Å²) in [5.41, 5.74) is 0.668. The van der Waals surface area contributed by atoms with Crippen molar-refractivity contribution in [3.05, 3.63) is 28.2 Å². The SMILES string of the molecule is CC(C)CCNCCC(=O)Nc1ccc(Cl)c(Cl)c1. The molecule has 0 aliphatic rings. The van der Waals surface area contributed by atoms with Gasteiger partial charge < -0.3 is 10.6 Å². The summed E-state index contributed by atoms with van der Waals surface area (Å²) in [4.78, 5) is 11.7. The number of carbonyl (C=O) groups excluding carboxylic acids is 1. The summed E-state index contributed by atoms with van der Waals surface area (Å²) in [5.74, 6) is 0.646. The maximum absolute atomic E-state index is 11.7. The van der Waals surface area contributed by atoms with E-state index in [-0.39, 0.29) is 5.91 Å². The van der Waals surface area contributed by atoms with Crippen LogP contribution in [0.3, 0.4) is 0 Å². The van der Waals surface area contributed by atoms with Gasteiger partial charge in [0.2, 0.25) is 5.91 Å². The molecule has 0 aromatic heterocycles. The molecule has 1 aromatic carbocycles. The van der Waals surface area contributed by atoms with Gasteiger partial charge in [-0.1, -0.05) is 37.0 Å². The van der Waals surface area contributed by atoms with Crippen molar-refractivity contribution in [2.75, 3.05) is 18.4 Å². The predicted molar refractivity (Wildman–Crippen MR) is 82.0 cm³/mol. The highest BCUT2D eigenvalue weighted by Crippen LogP contribution is 2.24. The van der Waals surface area contributed by atoms with Gasteiger partial charge in [0.25, 0.3) is 0 Å². The molecule has 1 amide bonds. The van der Waals surface area contributed by atoms with E-state index in [1.54, 1.807) is 18.2 Å². The van der Waals surface area contributed by atoms with Gasteiger partial charge in [0.15, 0.2) is 0 Å². The molecular formula is C14H20Cl2N2O. The number of nitrogens with one attached hydrogen (secondary N) is 2. The number of halogens is 2. The summed E-state index contributed by atoms with van der Waals surface area (Å²) < 4.78 is 0. The lowest BCUT2D eigenvalue weighted by atomic mass is 10.1. The molecule has 0 saturated heterocycles. The molecule has 3 nitrogen and oxygen atoms in total. The minimum Gasteiger partial charge on any atom is -0.326 e. The Morgan fingerprint density at radius 2 is 1.95 bits per heavy atom. The second kappa shape index (κ2) is 8.41. The smallest absolute Gasteiger partial charge is 0.225 e. The zero-order valence-electron chi connectivity index (χ0n) is 11.3. The molecular weight excluding hydrogens is 283 g/mol. The Labute approximate surface area is 124 Å². The largest absolute Gasteiger partial charge is 0.326 e. The molecule has 0 fully saturated rings. The maximum atomic E-state index is 11.7. The zero-order valence-corrected chi connectivity index (χ0v) is 12.8. The van der Waals surface area contributed by atoms with Crippen molar-refractivity contribution in [2.45, 2.75) is 26.7 Å². The summed E-state index contributed by atoms with van der Waals surface area (Å²) in [5, 5.41) is 6.95. The van der Waals surface area contributed by atoms with Crippen LogP contribution in [0.1, 0.15) is 26.7 Å². The molecule has 19 heavy (non-hydrogen) atoms. The molecule has 0 bridgehead atoms. The third kappa shape index (κ3) is 6.81. The van der Waals surface area contributed by atoms with Crippen LogP contribution in [-0.2, 0) is 4.79 Å². The lowest BCUT2D eigenvalue weighted by molar-refractivity contribution is -0.116. The van der Waals surface area contributed by atoms with Crippen LogP contribution in [0.15, 0.2) is 18.2 Å². The lowest BCUT2D eigenvalue weighted by Crippen LogP contribution is -2.23. The molecule has 1 aromatic rings. The second-order valence-electron chi connectivity index (χ2n) is 4.86. The van der Waals surface area contributed by atoms with E-state index in [0.717, 1.165) is 13.0 Å². The molecule has 0 spiro atoms. The van der Waals surface area contributed by atoms with Gasteiger partial charge in [-0.2, -0.15) is 0 Å².